The van der Waals surface area contributed by atoms with Crippen molar-refractivity contribution in [1.82, 2.24) is 4.57 Å². The molecule has 0 unspecified atom stereocenters. The summed E-state index contributed by atoms with van der Waals surface area (Å²) in [6, 6.07) is 18.7. The Labute approximate surface area is 152 Å². The zero-order chi connectivity index (χ0) is 17.4. The van der Waals surface area contributed by atoms with Crippen molar-refractivity contribution in [3.05, 3.63) is 72.4 Å². The van der Waals surface area contributed by atoms with E-state index in [9.17, 15) is 8.42 Å². The molecular formula is C19H18N2O2S2. The van der Waals surface area contributed by atoms with Gasteiger partial charge in [0.25, 0.3) is 10.0 Å². The van der Waals surface area contributed by atoms with Gasteiger partial charge < -0.3 is 4.57 Å². The molecule has 128 valence electrons. The predicted molar refractivity (Wildman–Crippen MR) is 102 cm³/mol. The molecule has 3 aromatic rings. The van der Waals surface area contributed by atoms with Crippen LogP contribution in [0.1, 0.15) is 5.56 Å². The summed E-state index contributed by atoms with van der Waals surface area (Å²) in [4.78, 5) is 0.325. The summed E-state index contributed by atoms with van der Waals surface area (Å²) < 4.78 is 30.2. The number of rotatable bonds is 2. The molecule has 2 heterocycles. The Kier molecular flexibility index (Phi) is 4.09. The number of hydrogen-bond acceptors (Lipinski definition) is 3. The molecule has 0 atom stereocenters. The van der Waals surface area contributed by atoms with Crippen molar-refractivity contribution in [2.24, 2.45) is 0 Å². The quantitative estimate of drug-likeness (QED) is 0.682. The number of nitrogens with zero attached hydrogens (tertiary/aromatic N) is 2. The molecule has 1 aliphatic heterocycles. The highest BCUT2D eigenvalue weighted by Crippen LogP contribution is 2.35. The van der Waals surface area contributed by atoms with Crippen molar-refractivity contribution in [2.45, 2.75) is 16.8 Å². The lowest BCUT2D eigenvalue weighted by Gasteiger charge is -2.29. The van der Waals surface area contributed by atoms with Crippen LogP contribution in [-0.2, 0) is 10.0 Å². The molecular weight excluding hydrogens is 352 g/mol. The first-order chi connectivity index (χ1) is 12.1. The molecule has 4 nitrogen and oxygen atoms in total. The lowest BCUT2D eigenvalue weighted by atomic mass is 10.2. The molecule has 0 saturated carbocycles. The van der Waals surface area contributed by atoms with Gasteiger partial charge in [-0.15, -0.1) is 11.8 Å². The van der Waals surface area contributed by atoms with Gasteiger partial charge in [-0.3, -0.25) is 4.31 Å². The molecule has 25 heavy (non-hydrogen) atoms. The minimum absolute atomic E-state index is 0.325. The second-order valence-corrected chi connectivity index (χ2v) is 8.92. The first-order valence-corrected chi connectivity index (χ1v) is 10.5. The minimum Gasteiger partial charge on any atom is -0.310 e. The van der Waals surface area contributed by atoms with E-state index in [2.05, 4.69) is 10.6 Å². The van der Waals surface area contributed by atoms with Crippen LogP contribution in [0.2, 0.25) is 0 Å². The maximum Gasteiger partial charge on any atom is 0.264 e. The van der Waals surface area contributed by atoms with Crippen LogP contribution in [0.25, 0.3) is 5.69 Å². The number of para-hydroxylation sites is 2. The minimum atomic E-state index is -3.61. The molecule has 4 rings (SSSR count). The topological polar surface area (TPSA) is 42.3 Å². The van der Waals surface area contributed by atoms with Gasteiger partial charge in [0.1, 0.15) is 0 Å². The van der Waals surface area contributed by atoms with Crippen LogP contribution in [0.3, 0.4) is 0 Å². The molecule has 0 spiro atoms. The Morgan fingerprint density at radius 1 is 0.920 bits per heavy atom. The van der Waals surface area contributed by atoms with Crippen LogP contribution in [0.15, 0.2) is 76.8 Å². The zero-order valence-corrected chi connectivity index (χ0v) is 15.4. The Morgan fingerprint density at radius 2 is 1.64 bits per heavy atom. The number of aryl methyl sites for hydroxylation is 1. The van der Waals surface area contributed by atoms with Crippen molar-refractivity contribution in [3.63, 3.8) is 0 Å². The van der Waals surface area contributed by atoms with E-state index in [1.165, 1.54) is 4.31 Å². The fourth-order valence-electron chi connectivity index (χ4n) is 3.00. The van der Waals surface area contributed by atoms with Crippen LogP contribution in [0.4, 0.5) is 5.69 Å². The average Bonchev–Trinajstić information content (AvgIpc) is 3.05. The summed E-state index contributed by atoms with van der Waals surface area (Å²) >= 11 is 1.67. The Morgan fingerprint density at radius 3 is 2.40 bits per heavy atom. The van der Waals surface area contributed by atoms with Gasteiger partial charge >= 0.3 is 0 Å². The molecule has 2 aromatic carbocycles. The van der Waals surface area contributed by atoms with E-state index in [4.69, 9.17) is 0 Å². The van der Waals surface area contributed by atoms with Crippen LogP contribution in [0, 0.1) is 6.92 Å². The van der Waals surface area contributed by atoms with E-state index in [1.807, 2.05) is 55.6 Å². The molecule has 1 aliphatic rings. The van der Waals surface area contributed by atoms with E-state index >= 15 is 0 Å². The van der Waals surface area contributed by atoms with Crippen molar-refractivity contribution in [1.29, 1.82) is 0 Å². The molecule has 0 amide bonds. The van der Waals surface area contributed by atoms with E-state index in [0.29, 0.717) is 22.9 Å². The van der Waals surface area contributed by atoms with Gasteiger partial charge in [-0.1, -0.05) is 29.8 Å². The lowest BCUT2D eigenvalue weighted by Crippen LogP contribution is -2.34. The number of fused-ring (bicyclic) bond motifs is 3. The van der Waals surface area contributed by atoms with E-state index in [1.54, 1.807) is 23.9 Å². The number of sulfonamides is 1. The Bertz CT molecular complexity index is 1010. The van der Waals surface area contributed by atoms with Crippen LogP contribution < -0.4 is 4.31 Å². The standard InChI is InChI=1S/C19H18N2O2S2/c1-15-8-10-16(11-9-15)25(22,23)21-13-14-24-19-7-4-12-20(19)17-5-2-3-6-18(17)21/h2-12H,13-14H2,1H3. The van der Waals surface area contributed by atoms with Gasteiger partial charge in [0.15, 0.2) is 0 Å². The molecule has 0 radical (unpaired) electrons. The van der Waals surface area contributed by atoms with Gasteiger partial charge in [-0.05, 0) is 43.3 Å². The van der Waals surface area contributed by atoms with E-state index < -0.39 is 10.0 Å². The third kappa shape index (κ3) is 2.85. The maximum atomic E-state index is 13.3. The zero-order valence-electron chi connectivity index (χ0n) is 13.8. The molecule has 0 aliphatic carbocycles. The first kappa shape index (κ1) is 16.3. The monoisotopic (exact) mass is 370 g/mol. The third-order valence-electron chi connectivity index (χ3n) is 4.27. The molecule has 6 heteroatoms. The average molecular weight is 370 g/mol. The summed E-state index contributed by atoms with van der Waals surface area (Å²) in [6.45, 7) is 2.38. The summed E-state index contributed by atoms with van der Waals surface area (Å²) in [5, 5.41) is 1.12. The second kappa shape index (κ2) is 6.28. The molecule has 0 bridgehead atoms. The van der Waals surface area contributed by atoms with Gasteiger partial charge in [0.2, 0.25) is 0 Å². The number of benzene rings is 2. The SMILES string of the molecule is Cc1ccc(S(=O)(=O)N2CCSc3cccn3-c3ccccc32)cc1. The van der Waals surface area contributed by atoms with Gasteiger partial charge in [0.05, 0.1) is 21.3 Å². The van der Waals surface area contributed by atoms with Crippen molar-refractivity contribution < 1.29 is 8.42 Å². The third-order valence-corrected chi connectivity index (χ3v) is 7.12. The fourth-order valence-corrected chi connectivity index (χ4v) is 5.55. The molecule has 0 fully saturated rings. The van der Waals surface area contributed by atoms with Crippen molar-refractivity contribution >= 4 is 27.5 Å². The van der Waals surface area contributed by atoms with Crippen LogP contribution in [-0.4, -0.2) is 25.3 Å². The molecule has 0 saturated heterocycles. The smallest absolute Gasteiger partial charge is 0.264 e. The first-order valence-electron chi connectivity index (χ1n) is 8.06. The van der Waals surface area contributed by atoms with Crippen LogP contribution in [0.5, 0.6) is 0 Å². The largest absolute Gasteiger partial charge is 0.310 e. The summed E-state index contributed by atoms with van der Waals surface area (Å²) in [5.41, 5.74) is 2.63. The van der Waals surface area contributed by atoms with Crippen LogP contribution >= 0.6 is 11.8 Å². The summed E-state index contributed by atoms with van der Waals surface area (Å²) in [5.74, 6) is 0.698. The Hall–Kier alpha value is -2.18. The number of anilines is 1. The predicted octanol–water partition coefficient (Wildman–Crippen LogP) is 4.09. The van der Waals surface area contributed by atoms with Gasteiger partial charge in [-0.2, -0.15) is 0 Å². The van der Waals surface area contributed by atoms with E-state index in [-0.39, 0.29) is 0 Å². The Balaban J connectivity index is 1.88. The molecule has 1 aromatic heterocycles. The van der Waals surface area contributed by atoms with Crippen molar-refractivity contribution in [3.8, 4) is 5.69 Å². The maximum absolute atomic E-state index is 13.3. The fraction of sp³-hybridized carbons (Fsp3) is 0.158. The summed E-state index contributed by atoms with van der Waals surface area (Å²) in [7, 11) is -3.61. The summed E-state index contributed by atoms with van der Waals surface area (Å²) in [6.07, 6.45) is 1.98. The lowest BCUT2D eigenvalue weighted by molar-refractivity contribution is 0.591. The highest BCUT2D eigenvalue weighted by molar-refractivity contribution is 7.99. The van der Waals surface area contributed by atoms with Gasteiger partial charge in [0, 0.05) is 18.5 Å². The van der Waals surface area contributed by atoms with Gasteiger partial charge in [-0.25, -0.2) is 8.42 Å². The normalized spacial score (nSPS) is 14.4. The van der Waals surface area contributed by atoms with E-state index in [0.717, 1.165) is 16.3 Å². The number of aromatic nitrogens is 1. The number of hydrogen-bond donors (Lipinski definition) is 0. The molecule has 0 N–H and O–H groups in total. The number of thioether (sulfide) groups is 1. The van der Waals surface area contributed by atoms with Crippen molar-refractivity contribution in [2.75, 3.05) is 16.6 Å². The highest BCUT2D eigenvalue weighted by Gasteiger charge is 2.28. The highest BCUT2D eigenvalue weighted by atomic mass is 32.2. The second-order valence-electron chi connectivity index (χ2n) is 5.94.